The molecule has 1 fully saturated rings. The minimum atomic E-state index is 0.654. The summed E-state index contributed by atoms with van der Waals surface area (Å²) in [4.78, 5) is 10.5. The molecular formula is C12H20O. The van der Waals surface area contributed by atoms with E-state index in [0.29, 0.717) is 11.8 Å². The van der Waals surface area contributed by atoms with E-state index in [0.717, 1.165) is 18.6 Å². The topological polar surface area (TPSA) is 17.1 Å². The van der Waals surface area contributed by atoms with Crippen molar-refractivity contribution in [1.82, 2.24) is 0 Å². The van der Waals surface area contributed by atoms with Gasteiger partial charge in [0.05, 0.1) is 0 Å². The van der Waals surface area contributed by atoms with Crippen LogP contribution in [-0.4, -0.2) is 6.29 Å². The van der Waals surface area contributed by atoms with E-state index in [1.54, 1.807) is 6.08 Å². The van der Waals surface area contributed by atoms with Gasteiger partial charge in [0.15, 0.2) is 0 Å². The summed E-state index contributed by atoms with van der Waals surface area (Å²) in [6, 6.07) is 0. The summed E-state index contributed by atoms with van der Waals surface area (Å²) in [5.41, 5.74) is 1.38. The zero-order valence-electron chi connectivity index (χ0n) is 8.92. The van der Waals surface area contributed by atoms with Crippen LogP contribution in [0.4, 0.5) is 0 Å². The first-order valence-corrected chi connectivity index (χ1v) is 5.29. The van der Waals surface area contributed by atoms with Crippen LogP contribution in [0.1, 0.15) is 40.0 Å². The quantitative estimate of drug-likeness (QED) is 0.471. The fraction of sp³-hybridized carbons (Fsp3) is 0.750. The van der Waals surface area contributed by atoms with Crippen molar-refractivity contribution in [1.29, 1.82) is 0 Å². The maximum Gasteiger partial charge on any atom is 0.142 e. The fourth-order valence-corrected chi connectivity index (χ4v) is 2.35. The highest BCUT2D eigenvalue weighted by molar-refractivity contribution is 5.66. The maximum atomic E-state index is 10.5. The molecule has 0 amide bonds. The molecule has 1 rings (SSSR count). The molecule has 2 atom stereocenters. The second-order valence-corrected chi connectivity index (χ2v) is 4.61. The average molecular weight is 180 g/mol. The van der Waals surface area contributed by atoms with Gasteiger partial charge in [0, 0.05) is 0 Å². The molecule has 0 spiro atoms. The van der Waals surface area contributed by atoms with E-state index in [4.69, 9.17) is 0 Å². The van der Waals surface area contributed by atoms with Crippen LogP contribution in [0.15, 0.2) is 11.6 Å². The predicted molar refractivity (Wildman–Crippen MR) is 55.5 cm³/mol. The average Bonchev–Trinajstić information content (AvgIpc) is 2.04. The van der Waals surface area contributed by atoms with E-state index in [9.17, 15) is 4.79 Å². The van der Waals surface area contributed by atoms with E-state index in [1.165, 1.54) is 18.4 Å². The van der Waals surface area contributed by atoms with Gasteiger partial charge in [0.2, 0.25) is 0 Å². The minimum Gasteiger partial charge on any atom is -0.299 e. The van der Waals surface area contributed by atoms with E-state index >= 15 is 0 Å². The lowest BCUT2D eigenvalue weighted by atomic mass is 9.74. The van der Waals surface area contributed by atoms with Crippen LogP contribution in [0.3, 0.4) is 0 Å². The van der Waals surface area contributed by atoms with Crippen LogP contribution < -0.4 is 0 Å². The lowest BCUT2D eigenvalue weighted by Gasteiger charge is -2.31. The van der Waals surface area contributed by atoms with Crippen molar-refractivity contribution < 1.29 is 4.79 Å². The van der Waals surface area contributed by atoms with Crippen molar-refractivity contribution in [2.45, 2.75) is 40.0 Å². The first-order valence-electron chi connectivity index (χ1n) is 5.29. The number of carbonyl (C=O) groups is 1. The standard InChI is InChI=1S/C12H20O/c1-9(2)12-5-4-10(3)8-11(12)6-7-13/h6-7,9-10,12H,4-5,8H2,1-3H3/b11-6-. The molecule has 0 bridgehead atoms. The van der Waals surface area contributed by atoms with Gasteiger partial charge in [-0.05, 0) is 43.1 Å². The van der Waals surface area contributed by atoms with Gasteiger partial charge in [-0.1, -0.05) is 26.3 Å². The van der Waals surface area contributed by atoms with Crippen molar-refractivity contribution in [2.75, 3.05) is 0 Å². The van der Waals surface area contributed by atoms with Crippen LogP contribution in [0.2, 0.25) is 0 Å². The van der Waals surface area contributed by atoms with Gasteiger partial charge in [-0.15, -0.1) is 0 Å². The Morgan fingerprint density at radius 2 is 2.08 bits per heavy atom. The van der Waals surface area contributed by atoms with E-state index in [-0.39, 0.29) is 0 Å². The van der Waals surface area contributed by atoms with Crippen molar-refractivity contribution in [2.24, 2.45) is 17.8 Å². The highest BCUT2D eigenvalue weighted by Gasteiger charge is 2.24. The van der Waals surface area contributed by atoms with Crippen molar-refractivity contribution in [3.05, 3.63) is 11.6 Å². The third kappa shape index (κ3) is 2.68. The van der Waals surface area contributed by atoms with E-state index in [1.807, 2.05) is 0 Å². The molecule has 0 saturated heterocycles. The molecule has 0 radical (unpaired) electrons. The molecule has 0 aromatic rings. The Hall–Kier alpha value is -0.590. The zero-order valence-corrected chi connectivity index (χ0v) is 8.92. The summed E-state index contributed by atoms with van der Waals surface area (Å²) in [7, 11) is 0. The Morgan fingerprint density at radius 1 is 1.38 bits per heavy atom. The van der Waals surface area contributed by atoms with Gasteiger partial charge in [0.1, 0.15) is 6.29 Å². The molecule has 0 aromatic carbocycles. The predicted octanol–water partition coefficient (Wildman–Crippen LogP) is 3.20. The highest BCUT2D eigenvalue weighted by atomic mass is 16.1. The molecule has 2 unspecified atom stereocenters. The molecule has 74 valence electrons. The molecule has 1 heteroatoms. The Kier molecular flexibility index (Phi) is 3.71. The molecule has 1 saturated carbocycles. The van der Waals surface area contributed by atoms with Crippen LogP contribution in [-0.2, 0) is 4.79 Å². The van der Waals surface area contributed by atoms with Crippen LogP contribution >= 0.6 is 0 Å². The number of rotatable bonds is 2. The summed E-state index contributed by atoms with van der Waals surface area (Å²) in [5, 5.41) is 0. The van der Waals surface area contributed by atoms with Crippen molar-refractivity contribution in [3.8, 4) is 0 Å². The molecule has 1 aliphatic rings. The molecule has 13 heavy (non-hydrogen) atoms. The third-order valence-corrected chi connectivity index (χ3v) is 3.12. The second-order valence-electron chi connectivity index (χ2n) is 4.61. The molecule has 1 aliphatic carbocycles. The zero-order chi connectivity index (χ0) is 9.84. The number of aldehydes is 1. The first-order chi connectivity index (χ1) is 6.15. The minimum absolute atomic E-state index is 0.654. The van der Waals surface area contributed by atoms with Crippen LogP contribution in [0.25, 0.3) is 0 Å². The van der Waals surface area contributed by atoms with Gasteiger partial charge in [-0.2, -0.15) is 0 Å². The molecule has 1 nitrogen and oxygen atoms in total. The van der Waals surface area contributed by atoms with Crippen LogP contribution in [0, 0.1) is 17.8 Å². The summed E-state index contributed by atoms with van der Waals surface area (Å²) >= 11 is 0. The fourth-order valence-electron chi connectivity index (χ4n) is 2.35. The molecule has 0 aliphatic heterocycles. The lowest BCUT2D eigenvalue weighted by molar-refractivity contribution is -0.104. The van der Waals surface area contributed by atoms with Gasteiger partial charge >= 0.3 is 0 Å². The number of hydrogen-bond acceptors (Lipinski definition) is 1. The summed E-state index contributed by atoms with van der Waals surface area (Å²) in [5.74, 6) is 2.10. The molecule has 0 heterocycles. The molecule has 0 N–H and O–H groups in total. The summed E-state index contributed by atoms with van der Waals surface area (Å²) < 4.78 is 0. The second kappa shape index (κ2) is 4.59. The van der Waals surface area contributed by atoms with Gasteiger partial charge in [-0.25, -0.2) is 0 Å². The largest absolute Gasteiger partial charge is 0.299 e. The lowest BCUT2D eigenvalue weighted by Crippen LogP contribution is -2.20. The van der Waals surface area contributed by atoms with Gasteiger partial charge < -0.3 is 0 Å². The summed E-state index contributed by atoms with van der Waals surface area (Å²) in [6.07, 6.45) is 6.45. The number of allylic oxidation sites excluding steroid dienone is 2. The smallest absolute Gasteiger partial charge is 0.142 e. The Balaban J connectivity index is 2.72. The normalized spacial score (nSPS) is 32.5. The van der Waals surface area contributed by atoms with Gasteiger partial charge in [-0.3, -0.25) is 4.79 Å². The third-order valence-electron chi connectivity index (χ3n) is 3.12. The Labute approximate surface area is 81.2 Å². The van der Waals surface area contributed by atoms with Crippen molar-refractivity contribution >= 4 is 6.29 Å². The van der Waals surface area contributed by atoms with Crippen LogP contribution in [0.5, 0.6) is 0 Å². The van der Waals surface area contributed by atoms with E-state index < -0.39 is 0 Å². The molecular weight excluding hydrogens is 160 g/mol. The number of hydrogen-bond donors (Lipinski definition) is 0. The molecule has 0 aromatic heterocycles. The highest BCUT2D eigenvalue weighted by Crippen LogP contribution is 2.36. The van der Waals surface area contributed by atoms with Crippen molar-refractivity contribution in [3.63, 3.8) is 0 Å². The monoisotopic (exact) mass is 180 g/mol. The first kappa shape index (κ1) is 10.5. The van der Waals surface area contributed by atoms with E-state index in [2.05, 4.69) is 20.8 Å². The Morgan fingerprint density at radius 3 is 2.62 bits per heavy atom. The summed E-state index contributed by atoms with van der Waals surface area (Å²) in [6.45, 7) is 6.77. The number of carbonyl (C=O) groups excluding carboxylic acids is 1. The maximum absolute atomic E-state index is 10.5. The Bertz CT molecular complexity index is 203. The SMILES string of the molecule is CC1CCC(C(C)C)/C(=C\C=O)C1. The van der Waals surface area contributed by atoms with Gasteiger partial charge in [0.25, 0.3) is 0 Å².